The van der Waals surface area contributed by atoms with E-state index in [1.54, 1.807) is 6.92 Å². The van der Waals surface area contributed by atoms with E-state index in [9.17, 15) is 9.59 Å². The average molecular weight is 404 g/mol. The number of rotatable bonds is 6. The highest BCUT2D eigenvalue weighted by atomic mass is 16.2. The number of amides is 1. The Bertz CT molecular complexity index is 968. The quantitative estimate of drug-likeness (QED) is 0.551. The van der Waals surface area contributed by atoms with E-state index in [4.69, 9.17) is 0 Å². The molecule has 0 spiro atoms. The Labute approximate surface area is 180 Å². The summed E-state index contributed by atoms with van der Waals surface area (Å²) in [5, 5.41) is 0. The van der Waals surface area contributed by atoms with Crippen LogP contribution in [0.1, 0.15) is 70.6 Å². The summed E-state index contributed by atoms with van der Waals surface area (Å²) in [6.07, 6.45) is 6.01. The van der Waals surface area contributed by atoms with Crippen LogP contribution in [0.5, 0.6) is 0 Å². The molecule has 0 N–H and O–H groups in total. The molecule has 2 aromatic rings. The molecular formula is C27H33NO2. The minimum Gasteiger partial charge on any atom is -0.307 e. The largest absolute Gasteiger partial charge is 0.307 e. The van der Waals surface area contributed by atoms with Gasteiger partial charge in [-0.15, -0.1) is 0 Å². The van der Waals surface area contributed by atoms with Crippen LogP contribution >= 0.6 is 0 Å². The Balaban J connectivity index is 1.89. The number of fused-ring (bicyclic) bond motifs is 2. The molecular weight excluding hydrogens is 370 g/mol. The van der Waals surface area contributed by atoms with Crippen molar-refractivity contribution in [2.75, 3.05) is 4.90 Å². The van der Waals surface area contributed by atoms with Crippen LogP contribution < -0.4 is 4.90 Å². The van der Waals surface area contributed by atoms with Crippen LogP contribution in [0.2, 0.25) is 0 Å². The molecule has 0 radical (unpaired) electrons. The van der Waals surface area contributed by atoms with Gasteiger partial charge in [-0.2, -0.15) is 0 Å². The maximum absolute atomic E-state index is 13.6. The highest BCUT2D eigenvalue weighted by molar-refractivity contribution is 5.97. The van der Waals surface area contributed by atoms with Crippen LogP contribution in [0.4, 0.5) is 5.69 Å². The monoisotopic (exact) mass is 403 g/mol. The van der Waals surface area contributed by atoms with Crippen LogP contribution in [0.3, 0.4) is 0 Å². The number of ketones is 1. The maximum atomic E-state index is 13.6. The fourth-order valence-electron chi connectivity index (χ4n) is 4.97. The van der Waals surface area contributed by atoms with Gasteiger partial charge in [0.1, 0.15) is 5.78 Å². The first-order valence-corrected chi connectivity index (χ1v) is 10.7. The Hall–Kier alpha value is -2.68. The van der Waals surface area contributed by atoms with Gasteiger partial charge in [-0.1, -0.05) is 82.3 Å². The molecule has 2 aromatic carbocycles. The lowest BCUT2D eigenvalue weighted by molar-refractivity contribution is -0.121. The molecule has 1 heterocycles. The van der Waals surface area contributed by atoms with Crippen molar-refractivity contribution >= 4 is 29.5 Å². The van der Waals surface area contributed by atoms with Crippen molar-refractivity contribution in [3.05, 3.63) is 65.2 Å². The molecule has 3 heteroatoms. The number of carbonyl (C=O) groups excluding carboxylic acids is 2. The molecule has 0 fully saturated rings. The third-order valence-corrected chi connectivity index (χ3v) is 5.67. The zero-order valence-electron chi connectivity index (χ0n) is 18.9. The molecule has 1 aliphatic heterocycles. The molecule has 0 saturated heterocycles. The van der Waals surface area contributed by atoms with Crippen LogP contribution in [-0.2, 0) is 16.1 Å². The van der Waals surface area contributed by atoms with E-state index in [1.807, 2.05) is 35.2 Å². The molecule has 0 saturated carbocycles. The third-order valence-electron chi connectivity index (χ3n) is 5.67. The first kappa shape index (κ1) is 22.0. The number of Topliss-reactive ketones (excluding diaryl/α,β-unsaturated/α-hetero) is 1. The standard InChI is InChI=1S/C27H33NO2/c1-20(29)16-26(2,3)19-27(4,5)17-25(30)28-18-23-12-7-6-10-21(23)14-15-22-11-8-9-13-24(22)28/h6-15H,16-19H2,1-5H3/b15-14-. The van der Waals surface area contributed by atoms with Gasteiger partial charge in [0.15, 0.2) is 0 Å². The Morgan fingerprint density at radius 2 is 1.40 bits per heavy atom. The Kier molecular flexibility index (Phi) is 6.30. The Morgan fingerprint density at radius 3 is 2.10 bits per heavy atom. The minimum absolute atomic E-state index is 0.121. The van der Waals surface area contributed by atoms with Gasteiger partial charge in [-0.3, -0.25) is 4.79 Å². The second-order valence-corrected chi connectivity index (χ2v) is 10.1. The highest BCUT2D eigenvalue weighted by Crippen LogP contribution is 2.40. The summed E-state index contributed by atoms with van der Waals surface area (Å²) >= 11 is 0. The predicted molar refractivity (Wildman–Crippen MR) is 125 cm³/mol. The van der Waals surface area contributed by atoms with Gasteiger partial charge in [0, 0.05) is 12.8 Å². The van der Waals surface area contributed by atoms with Crippen LogP contribution in [-0.4, -0.2) is 11.7 Å². The van der Waals surface area contributed by atoms with E-state index < -0.39 is 0 Å². The molecule has 158 valence electrons. The van der Waals surface area contributed by atoms with Gasteiger partial charge in [-0.05, 0) is 46.9 Å². The van der Waals surface area contributed by atoms with Crippen molar-refractivity contribution in [2.45, 2.75) is 60.4 Å². The summed E-state index contributed by atoms with van der Waals surface area (Å²) in [5.74, 6) is 0.319. The molecule has 0 aliphatic carbocycles. The van der Waals surface area contributed by atoms with E-state index in [0.29, 0.717) is 19.4 Å². The molecule has 0 atom stereocenters. The number of nitrogens with zero attached hydrogens (tertiary/aromatic N) is 1. The number of hydrogen-bond donors (Lipinski definition) is 0. The summed E-state index contributed by atoms with van der Waals surface area (Å²) in [7, 11) is 0. The summed E-state index contributed by atoms with van der Waals surface area (Å²) in [4.78, 5) is 27.2. The fourth-order valence-corrected chi connectivity index (χ4v) is 4.97. The second kappa shape index (κ2) is 8.59. The van der Waals surface area contributed by atoms with Gasteiger partial charge in [0.25, 0.3) is 0 Å². The first-order chi connectivity index (χ1) is 14.1. The summed E-state index contributed by atoms with van der Waals surface area (Å²) in [6.45, 7) is 10.7. The summed E-state index contributed by atoms with van der Waals surface area (Å²) < 4.78 is 0. The van der Waals surface area contributed by atoms with E-state index in [2.05, 4.69) is 58.0 Å². The second-order valence-electron chi connectivity index (χ2n) is 10.1. The molecule has 0 bridgehead atoms. The van der Waals surface area contributed by atoms with E-state index in [1.165, 1.54) is 0 Å². The zero-order valence-corrected chi connectivity index (χ0v) is 18.9. The lowest BCUT2D eigenvalue weighted by Crippen LogP contribution is -2.36. The number of hydrogen-bond acceptors (Lipinski definition) is 2. The molecule has 30 heavy (non-hydrogen) atoms. The number of benzene rings is 2. The van der Waals surface area contributed by atoms with Crippen molar-refractivity contribution in [3.8, 4) is 0 Å². The van der Waals surface area contributed by atoms with Crippen molar-refractivity contribution in [3.63, 3.8) is 0 Å². The molecule has 1 amide bonds. The zero-order chi connectivity index (χ0) is 21.9. The molecule has 1 aliphatic rings. The van der Waals surface area contributed by atoms with Crippen LogP contribution in [0.25, 0.3) is 12.2 Å². The van der Waals surface area contributed by atoms with Crippen molar-refractivity contribution in [1.29, 1.82) is 0 Å². The molecule has 0 unspecified atom stereocenters. The van der Waals surface area contributed by atoms with E-state index in [-0.39, 0.29) is 22.5 Å². The van der Waals surface area contributed by atoms with E-state index in [0.717, 1.165) is 28.8 Å². The third kappa shape index (κ3) is 5.47. The Morgan fingerprint density at radius 1 is 0.833 bits per heavy atom. The summed E-state index contributed by atoms with van der Waals surface area (Å²) in [6, 6.07) is 16.3. The molecule has 3 nitrogen and oxygen atoms in total. The predicted octanol–water partition coefficient (Wildman–Crippen LogP) is 6.52. The van der Waals surface area contributed by atoms with Crippen LogP contribution in [0.15, 0.2) is 48.5 Å². The van der Waals surface area contributed by atoms with Gasteiger partial charge in [0.05, 0.1) is 12.2 Å². The smallest absolute Gasteiger partial charge is 0.227 e. The van der Waals surface area contributed by atoms with Gasteiger partial charge in [-0.25, -0.2) is 0 Å². The normalized spacial score (nSPS) is 14.9. The fraction of sp³-hybridized carbons (Fsp3) is 0.407. The minimum atomic E-state index is -0.206. The maximum Gasteiger partial charge on any atom is 0.227 e. The lowest BCUT2D eigenvalue weighted by atomic mass is 9.71. The van der Waals surface area contributed by atoms with Gasteiger partial charge < -0.3 is 9.69 Å². The van der Waals surface area contributed by atoms with Crippen LogP contribution in [0, 0.1) is 10.8 Å². The average Bonchev–Trinajstić information content (AvgIpc) is 2.60. The number of carbonyl (C=O) groups is 2. The van der Waals surface area contributed by atoms with E-state index >= 15 is 0 Å². The van der Waals surface area contributed by atoms with Gasteiger partial charge in [0.2, 0.25) is 5.91 Å². The molecule has 3 rings (SSSR count). The van der Waals surface area contributed by atoms with Crippen molar-refractivity contribution in [1.82, 2.24) is 0 Å². The first-order valence-electron chi connectivity index (χ1n) is 10.7. The number of anilines is 1. The number of para-hydroxylation sites is 1. The van der Waals surface area contributed by atoms with Gasteiger partial charge >= 0.3 is 0 Å². The van der Waals surface area contributed by atoms with Crippen molar-refractivity contribution in [2.24, 2.45) is 10.8 Å². The lowest BCUT2D eigenvalue weighted by Gasteiger charge is -2.36. The topological polar surface area (TPSA) is 37.4 Å². The van der Waals surface area contributed by atoms with Crippen molar-refractivity contribution < 1.29 is 9.59 Å². The summed E-state index contributed by atoms with van der Waals surface area (Å²) in [5.41, 5.74) is 3.96. The SMILES string of the molecule is CC(=O)CC(C)(C)CC(C)(C)CC(=O)N1Cc2ccccc2/C=C\c2ccccc21. The highest BCUT2D eigenvalue weighted by Gasteiger charge is 2.33. The molecule has 0 aromatic heterocycles.